The summed E-state index contributed by atoms with van der Waals surface area (Å²) >= 11 is 0. The monoisotopic (exact) mass is 372 g/mol. The second-order valence-electron chi connectivity index (χ2n) is 6.31. The lowest BCUT2D eigenvalue weighted by Crippen LogP contribution is -2.08. The fourth-order valence-electron chi connectivity index (χ4n) is 2.46. The van der Waals surface area contributed by atoms with E-state index in [9.17, 15) is 9.59 Å². The lowest BCUT2D eigenvalue weighted by Gasteiger charge is -2.05. The second-order valence-corrected chi connectivity index (χ2v) is 6.31. The number of carbonyl (C=O) groups is 2. The smallest absolute Gasteiger partial charge is 0.343 e. The van der Waals surface area contributed by atoms with E-state index in [2.05, 4.69) is 10.3 Å². The molecule has 0 unspecified atom stereocenters. The Hall–Kier alpha value is -3.73. The summed E-state index contributed by atoms with van der Waals surface area (Å²) < 4.78 is 5.38. The van der Waals surface area contributed by atoms with Crippen molar-refractivity contribution in [3.63, 3.8) is 0 Å². The minimum atomic E-state index is -0.388. The molecule has 5 heteroatoms. The van der Waals surface area contributed by atoms with Crippen molar-refractivity contribution in [2.45, 2.75) is 13.8 Å². The number of esters is 1. The van der Waals surface area contributed by atoms with Gasteiger partial charge in [0.25, 0.3) is 0 Å². The molecule has 140 valence electrons. The maximum atomic E-state index is 12.1. The maximum absolute atomic E-state index is 12.1. The van der Waals surface area contributed by atoms with Crippen LogP contribution in [0, 0.1) is 6.92 Å². The van der Waals surface area contributed by atoms with Crippen LogP contribution in [-0.2, 0) is 4.79 Å². The molecule has 28 heavy (non-hydrogen) atoms. The number of nitrogens with one attached hydrogen (secondary N) is 1. The standard InChI is InChI=1S/C23H20N2O3/c1-16-3-7-19(8-4-16)23(27)28-22-13-5-18(6-14-22)15-24-20-9-11-21(12-10-20)25-17(2)26/h3-15H,1-2H3,(H,25,26). The number of nitrogens with zero attached hydrogens (tertiary/aromatic N) is 1. The van der Waals surface area contributed by atoms with Gasteiger partial charge in [0.15, 0.2) is 0 Å². The zero-order valence-corrected chi connectivity index (χ0v) is 15.7. The number of benzene rings is 3. The van der Waals surface area contributed by atoms with E-state index in [-0.39, 0.29) is 11.9 Å². The highest BCUT2D eigenvalue weighted by atomic mass is 16.5. The number of rotatable bonds is 5. The fraction of sp³-hybridized carbons (Fsp3) is 0.0870. The topological polar surface area (TPSA) is 67.8 Å². The molecular formula is C23H20N2O3. The van der Waals surface area contributed by atoms with Crippen LogP contribution in [0.5, 0.6) is 5.75 Å². The Balaban J connectivity index is 1.60. The molecule has 0 atom stereocenters. The normalized spacial score (nSPS) is 10.6. The molecule has 0 heterocycles. The maximum Gasteiger partial charge on any atom is 0.343 e. The number of hydrogen-bond acceptors (Lipinski definition) is 4. The van der Waals surface area contributed by atoms with Crippen LogP contribution in [0.4, 0.5) is 11.4 Å². The molecule has 0 aliphatic carbocycles. The summed E-state index contributed by atoms with van der Waals surface area (Å²) in [4.78, 5) is 27.6. The molecule has 0 aliphatic heterocycles. The number of anilines is 1. The van der Waals surface area contributed by atoms with Crippen molar-refractivity contribution < 1.29 is 14.3 Å². The van der Waals surface area contributed by atoms with E-state index in [1.54, 1.807) is 42.6 Å². The van der Waals surface area contributed by atoms with Gasteiger partial charge >= 0.3 is 5.97 Å². The molecule has 1 N–H and O–H groups in total. The number of carbonyl (C=O) groups excluding carboxylic acids is 2. The Morgan fingerprint density at radius 2 is 1.54 bits per heavy atom. The number of aliphatic imine (C=N–C) groups is 1. The van der Waals surface area contributed by atoms with Crippen molar-refractivity contribution in [3.05, 3.63) is 89.5 Å². The van der Waals surface area contributed by atoms with E-state index in [0.29, 0.717) is 11.3 Å². The number of amides is 1. The zero-order chi connectivity index (χ0) is 19.9. The van der Waals surface area contributed by atoms with Gasteiger partial charge in [-0.05, 0) is 73.2 Å². The fourth-order valence-corrected chi connectivity index (χ4v) is 2.46. The lowest BCUT2D eigenvalue weighted by molar-refractivity contribution is -0.114. The van der Waals surface area contributed by atoms with Crippen LogP contribution in [0.25, 0.3) is 0 Å². The minimum Gasteiger partial charge on any atom is -0.423 e. The Morgan fingerprint density at radius 3 is 2.14 bits per heavy atom. The molecule has 0 saturated carbocycles. The van der Waals surface area contributed by atoms with E-state index in [1.807, 2.05) is 43.3 Å². The van der Waals surface area contributed by atoms with Crippen LogP contribution in [0.1, 0.15) is 28.4 Å². The van der Waals surface area contributed by atoms with Gasteiger partial charge in [-0.3, -0.25) is 9.79 Å². The highest BCUT2D eigenvalue weighted by Crippen LogP contribution is 2.18. The third-order valence-electron chi connectivity index (χ3n) is 3.93. The van der Waals surface area contributed by atoms with E-state index in [4.69, 9.17) is 4.74 Å². The highest BCUT2D eigenvalue weighted by Gasteiger charge is 2.07. The third-order valence-corrected chi connectivity index (χ3v) is 3.93. The predicted octanol–water partition coefficient (Wildman–Crippen LogP) is 4.92. The summed E-state index contributed by atoms with van der Waals surface area (Å²) in [6, 6.07) is 21.6. The highest BCUT2D eigenvalue weighted by molar-refractivity contribution is 5.91. The molecule has 0 spiro atoms. The quantitative estimate of drug-likeness (QED) is 0.392. The molecule has 0 bridgehead atoms. The van der Waals surface area contributed by atoms with Crippen LogP contribution in [0.15, 0.2) is 77.8 Å². The second kappa shape index (κ2) is 8.77. The summed E-state index contributed by atoms with van der Waals surface area (Å²) in [5.74, 6) is -0.0255. The van der Waals surface area contributed by atoms with Gasteiger partial charge in [0, 0.05) is 18.8 Å². The van der Waals surface area contributed by atoms with Gasteiger partial charge in [-0.1, -0.05) is 17.7 Å². The van der Waals surface area contributed by atoms with E-state index in [0.717, 1.165) is 22.5 Å². The van der Waals surface area contributed by atoms with Crippen molar-refractivity contribution >= 4 is 29.5 Å². The van der Waals surface area contributed by atoms with Crippen LogP contribution < -0.4 is 10.1 Å². The van der Waals surface area contributed by atoms with Crippen LogP contribution in [0.3, 0.4) is 0 Å². The number of hydrogen-bond donors (Lipinski definition) is 1. The van der Waals surface area contributed by atoms with Gasteiger partial charge in [-0.2, -0.15) is 0 Å². The third kappa shape index (κ3) is 5.38. The minimum absolute atomic E-state index is 0.112. The first kappa shape index (κ1) is 19.0. The summed E-state index contributed by atoms with van der Waals surface area (Å²) in [6.45, 7) is 3.43. The predicted molar refractivity (Wildman–Crippen MR) is 111 cm³/mol. The van der Waals surface area contributed by atoms with Gasteiger partial charge < -0.3 is 10.1 Å². The molecule has 0 fully saturated rings. The van der Waals surface area contributed by atoms with Gasteiger partial charge in [0.2, 0.25) is 5.91 Å². The largest absolute Gasteiger partial charge is 0.423 e. The number of ether oxygens (including phenoxy) is 1. The molecule has 3 aromatic carbocycles. The Bertz CT molecular complexity index is 990. The van der Waals surface area contributed by atoms with Gasteiger partial charge in [-0.25, -0.2) is 4.79 Å². The average Bonchev–Trinajstić information content (AvgIpc) is 2.68. The molecule has 0 radical (unpaired) electrons. The molecular weight excluding hydrogens is 352 g/mol. The molecule has 3 rings (SSSR count). The SMILES string of the molecule is CC(=O)Nc1ccc(N=Cc2ccc(OC(=O)c3ccc(C)cc3)cc2)cc1. The molecule has 3 aromatic rings. The Morgan fingerprint density at radius 1 is 0.893 bits per heavy atom. The van der Waals surface area contributed by atoms with Crippen LogP contribution >= 0.6 is 0 Å². The number of aryl methyl sites for hydroxylation is 1. The summed E-state index contributed by atoms with van der Waals surface area (Å²) in [6.07, 6.45) is 1.72. The summed E-state index contributed by atoms with van der Waals surface area (Å²) in [5.41, 5.74) is 3.97. The van der Waals surface area contributed by atoms with Gasteiger partial charge in [-0.15, -0.1) is 0 Å². The first-order chi connectivity index (χ1) is 13.5. The van der Waals surface area contributed by atoms with Crippen molar-refractivity contribution in [1.82, 2.24) is 0 Å². The van der Waals surface area contributed by atoms with Crippen molar-refractivity contribution in [1.29, 1.82) is 0 Å². The molecule has 0 aromatic heterocycles. The van der Waals surface area contributed by atoms with Crippen molar-refractivity contribution in [2.24, 2.45) is 4.99 Å². The summed E-state index contributed by atoms with van der Waals surface area (Å²) in [5, 5.41) is 2.71. The van der Waals surface area contributed by atoms with Gasteiger partial charge in [0.05, 0.1) is 11.3 Å². The first-order valence-corrected chi connectivity index (χ1v) is 8.80. The van der Waals surface area contributed by atoms with Gasteiger partial charge in [0.1, 0.15) is 5.75 Å². The molecule has 5 nitrogen and oxygen atoms in total. The zero-order valence-electron chi connectivity index (χ0n) is 15.7. The molecule has 0 aliphatic rings. The van der Waals surface area contributed by atoms with E-state index < -0.39 is 0 Å². The molecule has 0 saturated heterocycles. The molecule has 1 amide bonds. The Kier molecular flexibility index (Phi) is 5.97. The van der Waals surface area contributed by atoms with Crippen LogP contribution in [-0.4, -0.2) is 18.1 Å². The van der Waals surface area contributed by atoms with Crippen molar-refractivity contribution in [2.75, 3.05) is 5.32 Å². The Labute approximate surface area is 163 Å². The average molecular weight is 372 g/mol. The first-order valence-electron chi connectivity index (χ1n) is 8.80. The lowest BCUT2D eigenvalue weighted by atomic mass is 10.1. The van der Waals surface area contributed by atoms with Crippen LogP contribution in [0.2, 0.25) is 0 Å². The van der Waals surface area contributed by atoms with Crippen molar-refractivity contribution in [3.8, 4) is 5.75 Å². The summed E-state index contributed by atoms with van der Waals surface area (Å²) in [7, 11) is 0. The van der Waals surface area contributed by atoms with E-state index >= 15 is 0 Å². The van der Waals surface area contributed by atoms with E-state index in [1.165, 1.54) is 6.92 Å².